The van der Waals surface area contributed by atoms with E-state index in [1.807, 2.05) is 0 Å². The number of anilines is 2. The van der Waals surface area contributed by atoms with Gasteiger partial charge in [0.2, 0.25) is 23.5 Å². The van der Waals surface area contributed by atoms with Crippen LogP contribution in [0.15, 0.2) is 47.0 Å². The highest BCUT2D eigenvalue weighted by Crippen LogP contribution is 2.28. The predicted octanol–water partition coefficient (Wildman–Crippen LogP) is 3.80. The highest BCUT2D eigenvalue weighted by Gasteiger charge is 2.11. The Balaban J connectivity index is 1.52. The van der Waals surface area contributed by atoms with Gasteiger partial charge in [-0.3, -0.25) is 9.59 Å². The van der Waals surface area contributed by atoms with Gasteiger partial charge in [0.25, 0.3) is 0 Å². The van der Waals surface area contributed by atoms with Crippen molar-refractivity contribution < 1.29 is 23.2 Å². The molecule has 3 aromatic rings. The molecule has 2 N–H and O–H groups in total. The third-order valence-corrected chi connectivity index (χ3v) is 4.16. The summed E-state index contributed by atoms with van der Waals surface area (Å²) < 4.78 is 23.4. The second-order valence-electron chi connectivity index (χ2n) is 6.52. The third-order valence-electron chi connectivity index (χ3n) is 4.16. The Hall–Kier alpha value is -3.75. The van der Waals surface area contributed by atoms with Crippen molar-refractivity contribution in [2.75, 3.05) is 17.7 Å². The lowest BCUT2D eigenvalue weighted by atomic mass is 10.2. The van der Waals surface area contributed by atoms with Crippen LogP contribution < -0.4 is 15.4 Å². The summed E-state index contributed by atoms with van der Waals surface area (Å²) in [6, 6.07) is 10.8. The Bertz CT molecular complexity index is 1030. The van der Waals surface area contributed by atoms with Gasteiger partial charge in [-0.25, -0.2) is 4.39 Å². The zero-order valence-corrected chi connectivity index (χ0v) is 16.6. The van der Waals surface area contributed by atoms with Gasteiger partial charge in [0.15, 0.2) is 0 Å². The van der Waals surface area contributed by atoms with E-state index in [2.05, 4.69) is 20.8 Å². The number of carbonyl (C=O) groups is 2. The summed E-state index contributed by atoms with van der Waals surface area (Å²) in [6.07, 6.45) is 1.18. The summed E-state index contributed by atoms with van der Waals surface area (Å²) in [7, 11) is 1.50. The molecule has 30 heavy (non-hydrogen) atoms. The van der Waals surface area contributed by atoms with Gasteiger partial charge in [0.05, 0.1) is 12.8 Å². The number of nitrogens with zero attached hydrogens (tertiary/aromatic N) is 2. The van der Waals surface area contributed by atoms with Gasteiger partial charge < -0.3 is 19.9 Å². The number of carbonyl (C=O) groups excluding carboxylic acids is 2. The Labute approximate surface area is 172 Å². The van der Waals surface area contributed by atoms with Crippen molar-refractivity contribution in [2.24, 2.45) is 0 Å². The first kappa shape index (κ1) is 21.0. The number of nitrogens with one attached hydrogen (secondary N) is 2. The van der Waals surface area contributed by atoms with Crippen LogP contribution in [0, 0.1) is 5.82 Å². The van der Waals surface area contributed by atoms with Crippen molar-refractivity contribution >= 4 is 23.2 Å². The minimum atomic E-state index is -0.338. The molecule has 156 valence electrons. The van der Waals surface area contributed by atoms with E-state index < -0.39 is 0 Å². The molecule has 1 heterocycles. The average Bonchev–Trinajstić information content (AvgIpc) is 3.17. The van der Waals surface area contributed by atoms with Gasteiger partial charge in [-0.1, -0.05) is 5.16 Å². The summed E-state index contributed by atoms with van der Waals surface area (Å²) in [5.74, 6) is 0.507. The molecule has 0 aliphatic rings. The molecule has 0 unspecified atom stereocenters. The number of halogens is 1. The van der Waals surface area contributed by atoms with E-state index >= 15 is 0 Å². The van der Waals surface area contributed by atoms with Crippen molar-refractivity contribution in [3.8, 4) is 17.1 Å². The molecule has 0 saturated heterocycles. The maximum absolute atomic E-state index is 13.0. The highest BCUT2D eigenvalue weighted by molar-refractivity contribution is 5.94. The molecule has 2 aromatic carbocycles. The first-order valence-electron chi connectivity index (χ1n) is 9.28. The summed E-state index contributed by atoms with van der Waals surface area (Å²) in [4.78, 5) is 27.8. The maximum Gasteiger partial charge on any atom is 0.226 e. The third kappa shape index (κ3) is 5.63. The molecule has 8 nitrogen and oxygen atoms in total. The van der Waals surface area contributed by atoms with Gasteiger partial charge in [-0.05, 0) is 48.9 Å². The number of aryl methyl sites for hydroxylation is 1. The smallest absolute Gasteiger partial charge is 0.226 e. The van der Waals surface area contributed by atoms with E-state index in [-0.39, 0.29) is 24.1 Å². The molecule has 0 aliphatic heterocycles. The molecule has 1 aromatic heterocycles. The molecule has 0 aliphatic carbocycles. The SMILES string of the molecule is COc1ccc(NC(=O)CCCc2nc(-c3ccc(F)cc3)no2)cc1NC(C)=O. The minimum absolute atomic E-state index is 0.188. The van der Waals surface area contributed by atoms with E-state index in [4.69, 9.17) is 9.26 Å². The van der Waals surface area contributed by atoms with Crippen LogP contribution in [-0.4, -0.2) is 29.1 Å². The number of amides is 2. The Morgan fingerprint density at radius 1 is 1.13 bits per heavy atom. The van der Waals surface area contributed by atoms with Gasteiger partial charge in [-0.2, -0.15) is 4.98 Å². The van der Waals surface area contributed by atoms with E-state index in [0.717, 1.165) is 0 Å². The van der Waals surface area contributed by atoms with Crippen LogP contribution in [0.4, 0.5) is 15.8 Å². The molecule has 0 atom stereocenters. The monoisotopic (exact) mass is 412 g/mol. The minimum Gasteiger partial charge on any atom is -0.495 e. The Morgan fingerprint density at radius 2 is 1.90 bits per heavy atom. The zero-order valence-electron chi connectivity index (χ0n) is 16.6. The fourth-order valence-corrected chi connectivity index (χ4v) is 2.77. The van der Waals surface area contributed by atoms with Gasteiger partial charge >= 0.3 is 0 Å². The van der Waals surface area contributed by atoms with Crippen molar-refractivity contribution in [1.82, 2.24) is 10.1 Å². The van der Waals surface area contributed by atoms with Gasteiger partial charge in [0, 0.05) is 31.0 Å². The highest BCUT2D eigenvalue weighted by atomic mass is 19.1. The molecule has 0 spiro atoms. The van der Waals surface area contributed by atoms with Crippen LogP contribution in [0.5, 0.6) is 5.75 Å². The Morgan fingerprint density at radius 3 is 2.60 bits per heavy atom. The normalized spacial score (nSPS) is 10.5. The number of aromatic nitrogens is 2. The zero-order chi connectivity index (χ0) is 21.5. The van der Waals surface area contributed by atoms with E-state index in [1.54, 1.807) is 30.3 Å². The molecule has 0 saturated carbocycles. The van der Waals surface area contributed by atoms with Gasteiger partial charge in [0.1, 0.15) is 11.6 Å². The van der Waals surface area contributed by atoms with Crippen LogP contribution in [0.1, 0.15) is 25.7 Å². The molecule has 0 radical (unpaired) electrons. The summed E-state index contributed by atoms with van der Waals surface area (Å²) in [6.45, 7) is 1.39. The van der Waals surface area contributed by atoms with Gasteiger partial charge in [-0.15, -0.1) is 0 Å². The van der Waals surface area contributed by atoms with E-state index in [1.165, 1.54) is 26.2 Å². The fraction of sp³-hybridized carbons (Fsp3) is 0.238. The predicted molar refractivity (Wildman–Crippen MR) is 109 cm³/mol. The molecule has 0 fully saturated rings. The number of hydrogen-bond donors (Lipinski definition) is 2. The lowest BCUT2D eigenvalue weighted by Crippen LogP contribution is -2.13. The second-order valence-corrected chi connectivity index (χ2v) is 6.52. The first-order valence-corrected chi connectivity index (χ1v) is 9.28. The molecular weight excluding hydrogens is 391 g/mol. The molecule has 3 rings (SSSR count). The average molecular weight is 412 g/mol. The number of benzene rings is 2. The standard InChI is InChI=1S/C21H21FN4O4/c1-13(27)23-17-12-16(10-11-18(17)29-2)24-19(28)4-3-5-20-25-21(26-30-20)14-6-8-15(22)9-7-14/h6-12H,3-5H2,1-2H3,(H,23,27)(H,24,28). The van der Waals surface area contributed by atoms with Crippen molar-refractivity contribution in [3.63, 3.8) is 0 Å². The number of methoxy groups -OCH3 is 1. The van der Waals surface area contributed by atoms with Crippen molar-refractivity contribution in [2.45, 2.75) is 26.2 Å². The number of rotatable bonds is 8. The van der Waals surface area contributed by atoms with Crippen LogP contribution in [0.3, 0.4) is 0 Å². The second kappa shape index (κ2) is 9.64. The summed E-state index contributed by atoms with van der Waals surface area (Å²) >= 11 is 0. The lowest BCUT2D eigenvalue weighted by Gasteiger charge is -2.11. The van der Waals surface area contributed by atoms with Crippen LogP contribution in [-0.2, 0) is 16.0 Å². The maximum atomic E-state index is 13.0. The van der Waals surface area contributed by atoms with Crippen LogP contribution >= 0.6 is 0 Å². The molecular formula is C21H21FN4O4. The molecule has 9 heteroatoms. The topological polar surface area (TPSA) is 106 Å². The number of ether oxygens (including phenoxy) is 1. The first-order chi connectivity index (χ1) is 14.4. The fourth-order valence-electron chi connectivity index (χ4n) is 2.77. The van der Waals surface area contributed by atoms with E-state index in [0.29, 0.717) is 47.2 Å². The largest absolute Gasteiger partial charge is 0.495 e. The van der Waals surface area contributed by atoms with E-state index in [9.17, 15) is 14.0 Å². The lowest BCUT2D eigenvalue weighted by molar-refractivity contribution is -0.116. The van der Waals surface area contributed by atoms with Crippen LogP contribution in [0.25, 0.3) is 11.4 Å². The summed E-state index contributed by atoms with van der Waals surface area (Å²) in [5.41, 5.74) is 1.67. The molecule has 0 bridgehead atoms. The summed E-state index contributed by atoms with van der Waals surface area (Å²) in [5, 5.41) is 9.32. The Kier molecular flexibility index (Phi) is 6.74. The quantitative estimate of drug-likeness (QED) is 0.583. The molecule has 2 amide bonds. The van der Waals surface area contributed by atoms with Crippen LogP contribution in [0.2, 0.25) is 0 Å². The van der Waals surface area contributed by atoms with Crippen molar-refractivity contribution in [3.05, 3.63) is 54.2 Å². The number of hydrogen-bond acceptors (Lipinski definition) is 6. The van der Waals surface area contributed by atoms with Crippen molar-refractivity contribution in [1.29, 1.82) is 0 Å².